The van der Waals surface area contributed by atoms with Crippen molar-refractivity contribution >= 4 is 50.6 Å². The Morgan fingerprint density at radius 1 is 1.13 bits per heavy atom. The zero-order valence-electron chi connectivity index (χ0n) is 27.2. The van der Waals surface area contributed by atoms with Gasteiger partial charge in [-0.3, -0.25) is 9.36 Å². The van der Waals surface area contributed by atoms with Crippen molar-refractivity contribution in [2.45, 2.75) is 66.3 Å². The van der Waals surface area contributed by atoms with Gasteiger partial charge in [-0.15, -0.1) is 11.3 Å². The van der Waals surface area contributed by atoms with Gasteiger partial charge in [0.2, 0.25) is 0 Å². The molecule has 1 aliphatic carbocycles. The summed E-state index contributed by atoms with van der Waals surface area (Å²) < 4.78 is 21.7. The molecule has 12 heteroatoms. The average molecular weight is 736 g/mol. The second-order valence-electron chi connectivity index (χ2n) is 11.4. The summed E-state index contributed by atoms with van der Waals surface area (Å²) >= 11 is 6.65. The number of nitriles is 1. The molecule has 244 valence electrons. The molecule has 0 radical (unpaired) electrons. The summed E-state index contributed by atoms with van der Waals surface area (Å²) in [6, 6.07) is 7.28. The number of hydrogen-bond acceptors (Lipinski definition) is 9. The number of esters is 1. The van der Waals surface area contributed by atoms with E-state index >= 15 is 0 Å². The lowest BCUT2D eigenvalue weighted by molar-refractivity contribution is -0.139. The van der Waals surface area contributed by atoms with Crippen LogP contribution in [0.15, 0.2) is 43.7 Å². The number of rotatable bonds is 8. The van der Waals surface area contributed by atoms with Crippen LogP contribution in [0.4, 0.5) is 0 Å². The number of carbonyl (C=O) groups excluding carboxylic acids is 1. The Labute approximate surface area is 289 Å². The van der Waals surface area contributed by atoms with Gasteiger partial charge in [0, 0.05) is 20.7 Å². The largest absolute Gasteiger partial charge is 0.493 e. The number of fused-ring (bicyclic) bond motifs is 2. The van der Waals surface area contributed by atoms with E-state index in [-0.39, 0.29) is 17.7 Å². The van der Waals surface area contributed by atoms with Gasteiger partial charge < -0.3 is 18.8 Å². The number of allylic oxidation sites excluding steroid dienone is 1. The van der Waals surface area contributed by atoms with Crippen molar-refractivity contribution in [3.8, 4) is 22.6 Å². The molecule has 47 heavy (non-hydrogen) atoms. The number of thiazole rings is 1. The van der Waals surface area contributed by atoms with Gasteiger partial charge in [-0.25, -0.2) is 9.79 Å². The molecule has 9 nitrogen and oxygen atoms in total. The molecule has 0 unspecified atom stereocenters. The molecular formula is C35H35BrN4O5S2. The van der Waals surface area contributed by atoms with Gasteiger partial charge in [-0.05, 0) is 101 Å². The molecule has 0 saturated carbocycles. The first kappa shape index (κ1) is 33.0. The molecule has 1 aliphatic heterocycles. The number of aromatic nitrogens is 2. The molecule has 1 aromatic carbocycles. The van der Waals surface area contributed by atoms with Gasteiger partial charge in [0.05, 0.1) is 47.7 Å². The van der Waals surface area contributed by atoms with Gasteiger partial charge in [0.25, 0.3) is 5.56 Å². The standard InChI is InChI=1S/C35H35BrN4O5S2/c1-7-44-27-16-25(36)23(15-26(27)43-6)31-30(34(42)45-8-2)19(4)38-35-40(31)32(41)29(47-35)14-21-13-18(3)39(20(21)5)33-24(17-37)22-11-9-10-12-28(22)46-33/h13-16,31H,7-12H2,1-6H3/b29-14+/t31-/m1/s1. The molecule has 4 aromatic rings. The van der Waals surface area contributed by atoms with E-state index in [4.69, 9.17) is 19.2 Å². The Bertz CT molecular complexity index is 2180. The van der Waals surface area contributed by atoms with Crippen LogP contribution in [0.2, 0.25) is 0 Å². The van der Waals surface area contributed by atoms with Gasteiger partial charge in [0.15, 0.2) is 16.3 Å². The maximum absolute atomic E-state index is 14.4. The van der Waals surface area contributed by atoms with Gasteiger partial charge in [0.1, 0.15) is 11.1 Å². The highest BCUT2D eigenvalue weighted by Crippen LogP contribution is 2.41. The molecule has 0 saturated heterocycles. The first-order valence-corrected chi connectivity index (χ1v) is 18.0. The van der Waals surface area contributed by atoms with Crippen molar-refractivity contribution in [3.63, 3.8) is 0 Å². The molecule has 1 atom stereocenters. The van der Waals surface area contributed by atoms with Crippen LogP contribution < -0.4 is 24.4 Å². The second-order valence-corrected chi connectivity index (χ2v) is 14.4. The molecule has 6 rings (SSSR count). The summed E-state index contributed by atoms with van der Waals surface area (Å²) in [6.07, 6.45) is 6.08. The van der Waals surface area contributed by atoms with Crippen LogP contribution in [0.5, 0.6) is 11.5 Å². The number of thiophene rings is 1. The van der Waals surface area contributed by atoms with Crippen LogP contribution in [-0.2, 0) is 22.4 Å². The maximum Gasteiger partial charge on any atom is 0.338 e. The van der Waals surface area contributed by atoms with E-state index in [1.165, 1.54) is 21.8 Å². The second kappa shape index (κ2) is 13.3. The lowest BCUT2D eigenvalue weighted by atomic mass is 9.95. The topological polar surface area (TPSA) is 108 Å². The molecule has 0 bridgehead atoms. The van der Waals surface area contributed by atoms with Crippen LogP contribution in [-0.4, -0.2) is 35.4 Å². The summed E-state index contributed by atoms with van der Waals surface area (Å²) in [4.78, 5) is 34.3. The minimum atomic E-state index is -0.825. The van der Waals surface area contributed by atoms with E-state index in [0.717, 1.165) is 53.2 Å². The van der Waals surface area contributed by atoms with Crippen molar-refractivity contribution < 1.29 is 19.0 Å². The fourth-order valence-electron chi connectivity index (χ4n) is 6.49. The quantitative estimate of drug-likeness (QED) is 0.200. The third kappa shape index (κ3) is 5.68. The summed E-state index contributed by atoms with van der Waals surface area (Å²) in [5.74, 6) is 0.477. The molecule has 0 fully saturated rings. The van der Waals surface area contributed by atoms with Crippen LogP contribution in [0.25, 0.3) is 11.1 Å². The summed E-state index contributed by atoms with van der Waals surface area (Å²) in [7, 11) is 1.55. The van der Waals surface area contributed by atoms with Crippen LogP contribution in [0.3, 0.4) is 0 Å². The van der Waals surface area contributed by atoms with Gasteiger partial charge >= 0.3 is 5.97 Å². The highest BCUT2D eigenvalue weighted by molar-refractivity contribution is 9.10. The number of carbonyl (C=O) groups is 1. The Balaban J connectivity index is 1.53. The Kier molecular flexibility index (Phi) is 9.34. The highest BCUT2D eigenvalue weighted by atomic mass is 79.9. The molecule has 0 amide bonds. The highest BCUT2D eigenvalue weighted by Gasteiger charge is 2.35. The van der Waals surface area contributed by atoms with E-state index in [9.17, 15) is 14.9 Å². The smallest absolute Gasteiger partial charge is 0.338 e. The summed E-state index contributed by atoms with van der Waals surface area (Å²) in [6.45, 7) is 10.1. The Morgan fingerprint density at radius 3 is 2.60 bits per heavy atom. The van der Waals surface area contributed by atoms with E-state index in [0.29, 0.717) is 43.2 Å². The predicted octanol–water partition coefficient (Wildman–Crippen LogP) is 6.19. The predicted molar refractivity (Wildman–Crippen MR) is 187 cm³/mol. The summed E-state index contributed by atoms with van der Waals surface area (Å²) in [5, 5.41) is 11.1. The fourth-order valence-corrected chi connectivity index (χ4v) is 9.51. The van der Waals surface area contributed by atoms with Gasteiger partial charge in [-0.2, -0.15) is 5.26 Å². The van der Waals surface area contributed by atoms with Crippen molar-refractivity contribution in [3.05, 3.63) is 92.1 Å². The SMILES string of the molecule is CCOC(=O)C1=C(C)N=c2s/c(=C/c3cc(C)n(-c4sc5c(c4C#N)CCCC5)c3C)c(=O)n2[C@@H]1c1cc(OC)c(OCC)cc1Br. The zero-order chi connectivity index (χ0) is 33.6. The number of methoxy groups -OCH3 is 1. The van der Waals surface area contributed by atoms with Crippen LogP contribution in [0.1, 0.15) is 78.2 Å². The normalized spacial score (nSPS) is 16.0. The summed E-state index contributed by atoms with van der Waals surface area (Å²) in [5.41, 5.74) is 5.88. The minimum Gasteiger partial charge on any atom is -0.493 e. The van der Waals surface area contributed by atoms with Gasteiger partial charge in [-0.1, -0.05) is 27.3 Å². The number of nitrogens with zero attached hydrogens (tertiary/aromatic N) is 4. The molecular weight excluding hydrogens is 700 g/mol. The first-order chi connectivity index (χ1) is 22.6. The molecule has 0 N–H and O–H groups in total. The third-order valence-electron chi connectivity index (χ3n) is 8.62. The van der Waals surface area contributed by atoms with Crippen molar-refractivity contribution in [2.24, 2.45) is 4.99 Å². The molecule has 2 aliphatic rings. The van der Waals surface area contributed by atoms with Crippen molar-refractivity contribution in [2.75, 3.05) is 20.3 Å². The molecule has 0 spiro atoms. The number of hydrogen-bond donors (Lipinski definition) is 0. The maximum atomic E-state index is 14.4. The van der Waals surface area contributed by atoms with E-state index < -0.39 is 12.0 Å². The minimum absolute atomic E-state index is 0.177. The average Bonchev–Trinajstić information content (AvgIpc) is 3.66. The third-order valence-corrected chi connectivity index (χ3v) is 11.6. The number of ether oxygens (including phenoxy) is 3. The number of aryl methyl sites for hydroxylation is 2. The molecule has 4 heterocycles. The van der Waals surface area contributed by atoms with E-state index in [2.05, 4.69) is 26.6 Å². The fraction of sp³-hybridized carbons (Fsp3) is 0.371. The van der Waals surface area contributed by atoms with Crippen molar-refractivity contribution in [1.29, 1.82) is 5.26 Å². The Hall–Kier alpha value is -3.92. The Morgan fingerprint density at radius 2 is 1.89 bits per heavy atom. The lowest BCUT2D eigenvalue weighted by Gasteiger charge is -2.26. The van der Waals surface area contributed by atoms with Crippen LogP contribution in [0, 0.1) is 25.2 Å². The zero-order valence-corrected chi connectivity index (χ0v) is 30.4. The molecule has 3 aromatic heterocycles. The van der Waals surface area contributed by atoms with Crippen molar-refractivity contribution in [1.82, 2.24) is 9.13 Å². The monoisotopic (exact) mass is 734 g/mol. The van der Waals surface area contributed by atoms with E-state index in [1.54, 1.807) is 49.0 Å². The lowest BCUT2D eigenvalue weighted by Crippen LogP contribution is -2.40. The first-order valence-electron chi connectivity index (χ1n) is 15.6. The number of benzene rings is 1. The van der Waals surface area contributed by atoms with E-state index in [1.807, 2.05) is 32.9 Å². The number of halogens is 1. The van der Waals surface area contributed by atoms with Crippen LogP contribution >= 0.6 is 38.6 Å².